The zero-order valence-electron chi connectivity index (χ0n) is 14.6. The van der Waals surface area contributed by atoms with Gasteiger partial charge >= 0.3 is 5.97 Å². The van der Waals surface area contributed by atoms with Crippen LogP contribution < -0.4 is 10.2 Å². The van der Waals surface area contributed by atoms with E-state index in [9.17, 15) is 4.79 Å². The summed E-state index contributed by atoms with van der Waals surface area (Å²) in [6.07, 6.45) is 1.54. The Morgan fingerprint density at radius 2 is 1.96 bits per heavy atom. The van der Waals surface area contributed by atoms with Crippen molar-refractivity contribution in [2.75, 3.05) is 50.1 Å². The first-order valence-electron chi connectivity index (χ1n) is 8.46. The molecule has 0 aliphatic carbocycles. The molecule has 1 aliphatic rings. The predicted molar refractivity (Wildman–Crippen MR) is 97.4 cm³/mol. The average Bonchev–Trinajstić information content (AvgIpc) is 2.63. The van der Waals surface area contributed by atoms with Crippen molar-refractivity contribution < 1.29 is 9.53 Å². The van der Waals surface area contributed by atoms with E-state index in [4.69, 9.17) is 4.74 Å². The molecule has 1 aromatic heterocycles. The lowest BCUT2D eigenvalue weighted by molar-refractivity contribution is 0.0527. The summed E-state index contributed by atoms with van der Waals surface area (Å²) < 4.78 is 5.11. The summed E-state index contributed by atoms with van der Waals surface area (Å²) >= 11 is 0. The van der Waals surface area contributed by atoms with Crippen molar-refractivity contribution >= 4 is 23.3 Å². The van der Waals surface area contributed by atoms with Gasteiger partial charge in [-0.1, -0.05) is 12.1 Å². The van der Waals surface area contributed by atoms with Crippen LogP contribution in [0.25, 0.3) is 0 Å². The molecule has 0 atom stereocenters. The molecule has 2 heterocycles. The lowest BCUT2D eigenvalue weighted by Gasteiger charge is -2.33. The molecule has 0 spiro atoms. The van der Waals surface area contributed by atoms with Crippen LogP contribution in [0.2, 0.25) is 0 Å². The molecule has 2 aromatic rings. The molecule has 3 rings (SSSR count). The summed E-state index contributed by atoms with van der Waals surface area (Å²) in [6.45, 7) is 6.03. The number of hydrogen-bond donors (Lipinski definition) is 1. The minimum absolute atomic E-state index is 0.341. The third-order valence-corrected chi connectivity index (χ3v) is 4.17. The van der Waals surface area contributed by atoms with Gasteiger partial charge in [-0.15, -0.1) is 0 Å². The van der Waals surface area contributed by atoms with Gasteiger partial charge in [0, 0.05) is 32.2 Å². The third-order valence-electron chi connectivity index (χ3n) is 4.17. The Morgan fingerprint density at radius 3 is 2.72 bits per heavy atom. The average molecular weight is 341 g/mol. The van der Waals surface area contributed by atoms with Crippen LogP contribution in [0.15, 0.2) is 36.7 Å². The SMILES string of the molecule is CCOC(=O)c1ccccc1Nc1cc(N2CCN(C)CC2)ncn1. The number of ether oxygens (including phenoxy) is 1. The van der Waals surface area contributed by atoms with Crippen LogP contribution >= 0.6 is 0 Å². The summed E-state index contributed by atoms with van der Waals surface area (Å²) in [5.41, 5.74) is 1.16. The van der Waals surface area contributed by atoms with Crippen LogP contribution in [0.5, 0.6) is 0 Å². The zero-order valence-corrected chi connectivity index (χ0v) is 14.6. The molecular weight excluding hydrogens is 318 g/mol. The quantitative estimate of drug-likeness (QED) is 0.836. The Hall–Kier alpha value is -2.67. The van der Waals surface area contributed by atoms with E-state index < -0.39 is 0 Å². The van der Waals surface area contributed by atoms with Gasteiger partial charge in [-0.05, 0) is 26.1 Å². The van der Waals surface area contributed by atoms with Crippen LogP contribution in [-0.4, -0.2) is 60.7 Å². The van der Waals surface area contributed by atoms with Crippen LogP contribution in [0, 0.1) is 0 Å². The van der Waals surface area contributed by atoms with Gasteiger partial charge in [-0.2, -0.15) is 0 Å². The molecule has 0 saturated carbocycles. The van der Waals surface area contributed by atoms with Gasteiger partial charge in [0.25, 0.3) is 0 Å². The number of hydrogen-bond acceptors (Lipinski definition) is 7. The van der Waals surface area contributed by atoms with Gasteiger partial charge in [-0.25, -0.2) is 14.8 Å². The normalized spacial score (nSPS) is 15.0. The second-order valence-corrected chi connectivity index (χ2v) is 5.94. The van der Waals surface area contributed by atoms with Crippen molar-refractivity contribution in [1.82, 2.24) is 14.9 Å². The highest BCUT2D eigenvalue weighted by Gasteiger charge is 2.17. The molecule has 1 aromatic carbocycles. The number of nitrogens with one attached hydrogen (secondary N) is 1. The minimum Gasteiger partial charge on any atom is -0.462 e. The predicted octanol–water partition coefficient (Wildman–Crippen LogP) is 2.15. The maximum Gasteiger partial charge on any atom is 0.340 e. The number of likely N-dealkylation sites (N-methyl/N-ethyl adjacent to an activating group) is 1. The number of carbonyl (C=O) groups is 1. The van der Waals surface area contributed by atoms with Crippen LogP contribution in [0.4, 0.5) is 17.3 Å². The summed E-state index contributed by atoms with van der Waals surface area (Å²) in [5, 5.41) is 3.21. The summed E-state index contributed by atoms with van der Waals surface area (Å²) in [4.78, 5) is 25.3. The summed E-state index contributed by atoms with van der Waals surface area (Å²) in [6, 6.07) is 9.17. The fraction of sp³-hybridized carbons (Fsp3) is 0.389. The standard InChI is InChI=1S/C18H23N5O2/c1-3-25-18(24)14-6-4-5-7-15(14)21-16-12-17(20-13-19-16)23-10-8-22(2)9-11-23/h4-7,12-13H,3,8-11H2,1-2H3,(H,19,20,21). The Morgan fingerprint density at radius 1 is 1.20 bits per heavy atom. The van der Waals surface area contributed by atoms with Gasteiger partial charge in [0.1, 0.15) is 18.0 Å². The molecule has 0 radical (unpaired) electrons. The fourth-order valence-electron chi connectivity index (χ4n) is 2.74. The monoisotopic (exact) mass is 341 g/mol. The molecule has 1 saturated heterocycles. The van der Waals surface area contributed by atoms with Crippen LogP contribution in [-0.2, 0) is 4.74 Å². The number of benzene rings is 1. The largest absolute Gasteiger partial charge is 0.462 e. The summed E-state index contributed by atoms with van der Waals surface area (Å²) in [5.74, 6) is 1.19. The topological polar surface area (TPSA) is 70.6 Å². The maximum absolute atomic E-state index is 12.1. The highest BCUT2D eigenvalue weighted by molar-refractivity contribution is 5.96. The van der Waals surface area contributed by atoms with E-state index in [1.807, 2.05) is 24.3 Å². The Balaban J connectivity index is 1.78. The van der Waals surface area contributed by atoms with Crippen molar-refractivity contribution in [3.05, 3.63) is 42.2 Å². The van der Waals surface area contributed by atoms with Crippen molar-refractivity contribution in [2.45, 2.75) is 6.92 Å². The van der Waals surface area contributed by atoms with E-state index in [1.165, 1.54) is 0 Å². The first-order valence-corrected chi connectivity index (χ1v) is 8.46. The molecule has 1 fully saturated rings. The maximum atomic E-state index is 12.1. The summed E-state index contributed by atoms with van der Waals surface area (Å²) in [7, 11) is 2.12. The number of anilines is 3. The number of piperazine rings is 1. The molecule has 132 valence electrons. The lowest BCUT2D eigenvalue weighted by atomic mass is 10.2. The molecule has 0 bridgehead atoms. The van der Waals surface area contributed by atoms with Gasteiger partial charge in [-0.3, -0.25) is 0 Å². The number of nitrogens with zero attached hydrogens (tertiary/aromatic N) is 4. The molecule has 7 nitrogen and oxygen atoms in total. The van der Waals surface area contributed by atoms with E-state index in [2.05, 4.69) is 32.1 Å². The smallest absolute Gasteiger partial charge is 0.340 e. The Kier molecular flexibility index (Phi) is 5.45. The fourth-order valence-corrected chi connectivity index (χ4v) is 2.74. The van der Waals surface area contributed by atoms with E-state index in [0.29, 0.717) is 23.7 Å². The van der Waals surface area contributed by atoms with E-state index in [-0.39, 0.29) is 5.97 Å². The van der Waals surface area contributed by atoms with E-state index in [0.717, 1.165) is 32.0 Å². The number of esters is 1. The molecule has 1 N–H and O–H groups in total. The second kappa shape index (κ2) is 7.94. The van der Waals surface area contributed by atoms with Crippen molar-refractivity contribution in [3.63, 3.8) is 0 Å². The van der Waals surface area contributed by atoms with Gasteiger partial charge < -0.3 is 19.9 Å². The van der Waals surface area contributed by atoms with Crippen LogP contribution in [0.3, 0.4) is 0 Å². The van der Waals surface area contributed by atoms with E-state index >= 15 is 0 Å². The number of carbonyl (C=O) groups excluding carboxylic acids is 1. The highest BCUT2D eigenvalue weighted by Crippen LogP contribution is 2.23. The van der Waals surface area contributed by atoms with E-state index in [1.54, 1.807) is 19.3 Å². The van der Waals surface area contributed by atoms with Gasteiger partial charge in [0.15, 0.2) is 0 Å². The molecule has 0 amide bonds. The molecular formula is C18H23N5O2. The van der Waals surface area contributed by atoms with Crippen LogP contribution in [0.1, 0.15) is 17.3 Å². The first kappa shape index (κ1) is 17.2. The molecule has 1 aliphatic heterocycles. The Labute approximate surface area is 147 Å². The van der Waals surface area contributed by atoms with Crippen molar-refractivity contribution in [1.29, 1.82) is 0 Å². The number of rotatable bonds is 5. The number of aromatic nitrogens is 2. The Bertz CT molecular complexity index is 729. The molecule has 0 unspecified atom stereocenters. The lowest BCUT2D eigenvalue weighted by Crippen LogP contribution is -2.44. The first-order chi connectivity index (χ1) is 12.2. The molecule has 7 heteroatoms. The second-order valence-electron chi connectivity index (χ2n) is 5.94. The zero-order chi connectivity index (χ0) is 17.6. The molecule has 25 heavy (non-hydrogen) atoms. The van der Waals surface area contributed by atoms with Crippen molar-refractivity contribution in [2.24, 2.45) is 0 Å². The highest BCUT2D eigenvalue weighted by atomic mass is 16.5. The third kappa shape index (κ3) is 4.24. The minimum atomic E-state index is -0.348. The van der Waals surface area contributed by atoms with Gasteiger partial charge in [0.05, 0.1) is 17.9 Å². The van der Waals surface area contributed by atoms with Crippen molar-refractivity contribution in [3.8, 4) is 0 Å². The number of para-hydroxylation sites is 1. The van der Waals surface area contributed by atoms with Gasteiger partial charge in [0.2, 0.25) is 0 Å².